The fraction of sp³-hybridized carbons (Fsp3) is 0.364. The zero-order chi connectivity index (χ0) is 19.0. The number of benzene rings is 2. The summed E-state index contributed by atoms with van der Waals surface area (Å²) in [6.45, 7) is 0. The number of hydrogen-bond acceptors (Lipinski definition) is 3. The summed E-state index contributed by atoms with van der Waals surface area (Å²) in [6.07, 6.45) is 5.46. The van der Waals surface area contributed by atoms with Crippen LogP contribution in [-0.4, -0.2) is 17.9 Å². The molecule has 1 aliphatic carbocycles. The lowest BCUT2D eigenvalue weighted by Crippen LogP contribution is -2.32. The summed E-state index contributed by atoms with van der Waals surface area (Å²) in [5.74, 6) is 0.949. The van der Waals surface area contributed by atoms with Gasteiger partial charge in [-0.1, -0.05) is 18.6 Å². The minimum atomic E-state index is -0.407. The van der Waals surface area contributed by atoms with E-state index >= 15 is 0 Å². The van der Waals surface area contributed by atoms with Crippen molar-refractivity contribution in [3.8, 4) is 5.75 Å². The number of primary amides is 2. The van der Waals surface area contributed by atoms with E-state index in [-0.39, 0.29) is 6.10 Å². The van der Waals surface area contributed by atoms with Gasteiger partial charge >= 0.3 is 0 Å². The maximum atomic E-state index is 11.4. The summed E-state index contributed by atoms with van der Waals surface area (Å²) in [4.78, 5) is 22.7. The number of carbonyl (C=O) groups excluding carboxylic acids is 2. The molecule has 27 heavy (non-hydrogen) atoms. The molecule has 1 aliphatic heterocycles. The molecule has 0 bridgehead atoms. The molecule has 0 spiro atoms. The Hall–Kier alpha value is -2.82. The fourth-order valence-corrected chi connectivity index (χ4v) is 4.61. The van der Waals surface area contributed by atoms with Gasteiger partial charge in [0.05, 0.1) is 0 Å². The summed E-state index contributed by atoms with van der Waals surface area (Å²) in [7, 11) is 0. The molecule has 0 radical (unpaired) electrons. The first-order chi connectivity index (χ1) is 13.0. The molecule has 3 atom stereocenters. The lowest BCUT2D eigenvalue weighted by atomic mass is 9.82. The Kier molecular flexibility index (Phi) is 4.60. The van der Waals surface area contributed by atoms with E-state index in [9.17, 15) is 9.59 Å². The second kappa shape index (κ2) is 7.06. The topological polar surface area (TPSA) is 95.4 Å². The van der Waals surface area contributed by atoms with Gasteiger partial charge in [-0.2, -0.15) is 0 Å². The van der Waals surface area contributed by atoms with Gasteiger partial charge in [-0.15, -0.1) is 0 Å². The minimum absolute atomic E-state index is 0.167. The van der Waals surface area contributed by atoms with Gasteiger partial charge < -0.3 is 16.2 Å². The van der Waals surface area contributed by atoms with Gasteiger partial charge in [-0.05, 0) is 73.1 Å². The molecule has 0 saturated heterocycles. The van der Waals surface area contributed by atoms with Crippen LogP contribution in [-0.2, 0) is 6.42 Å². The second-order valence-corrected chi connectivity index (χ2v) is 7.57. The highest BCUT2D eigenvalue weighted by Gasteiger charge is 2.37. The Bertz CT molecular complexity index is 876. The van der Waals surface area contributed by atoms with Gasteiger partial charge in [0, 0.05) is 17.0 Å². The molecule has 2 aromatic carbocycles. The summed E-state index contributed by atoms with van der Waals surface area (Å²) >= 11 is 0. The van der Waals surface area contributed by atoms with E-state index in [1.807, 2.05) is 36.4 Å². The molecule has 0 aromatic heterocycles. The van der Waals surface area contributed by atoms with E-state index in [2.05, 4.69) is 0 Å². The number of amides is 2. The van der Waals surface area contributed by atoms with Crippen LogP contribution in [0.2, 0.25) is 0 Å². The lowest BCUT2D eigenvalue weighted by molar-refractivity contribution is 0.0987. The third-order valence-electron chi connectivity index (χ3n) is 5.99. The van der Waals surface area contributed by atoms with Crippen LogP contribution in [0.3, 0.4) is 0 Å². The van der Waals surface area contributed by atoms with E-state index in [0.717, 1.165) is 37.0 Å². The largest absolute Gasteiger partial charge is 0.490 e. The van der Waals surface area contributed by atoms with Crippen LogP contribution >= 0.6 is 0 Å². The monoisotopic (exact) mass is 364 g/mol. The van der Waals surface area contributed by atoms with Crippen LogP contribution in [0, 0.1) is 5.92 Å². The van der Waals surface area contributed by atoms with Gasteiger partial charge in [0.2, 0.25) is 11.8 Å². The molecule has 1 saturated carbocycles. The Morgan fingerprint density at radius 3 is 2.30 bits per heavy atom. The Labute approximate surface area is 158 Å². The highest BCUT2D eigenvalue weighted by molar-refractivity contribution is 5.93. The van der Waals surface area contributed by atoms with E-state index < -0.39 is 11.8 Å². The van der Waals surface area contributed by atoms with E-state index in [4.69, 9.17) is 16.2 Å². The standard InChI is InChI=1S/C22H24N2O3/c23-21(25)14-6-4-13(5-7-14)17-2-1-3-18(17)20-11-8-15-12-16(22(24)26)9-10-19(15)27-20/h4-7,9-10,12,17-18,20H,1-3,8,11H2,(H2,23,25)(H2,24,26)/t17?,18?,20-/m0/s1. The van der Waals surface area contributed by atoms with Gasteiger partial charge in [0.25, 0.3) is 0 Å². The van der Waals surface area contributed by atoms with E-state index in [1.165, 1.54) is 12.0 Å². The number of rotatable bonds is 4. The van der Waals surface area contributed by atoms with Crippen molar-refractivity contribution in [1.29, 1.82) is 0 Å². The molecule has 4 rings (SSSR count). The van der Waals surface area contributed by atoms with Crippen LogP contribution in [0.25, 0.3) is 0 Å². The summed E-state index contributed by atoms with van der Waals surface area (Å²) in [5, 5.41) is 0. The molecule has 1 heterocycles. The lowest BCUT2D eigenvalue weighted by Gasteiger charge is -2.33. The number of nitrogens with two attached hydrogens (primary N) is 2. The van der Waals surface area contributed by atoms with Gasteiger partial charge in [0.15, 0.2) is 0 Å². The fourth-order valence-electron chi connectivity index (χ4n) is 4.61. The quantitative estimate of drug-likeness (QED) is 0.872. The zero-order valence-electron chi connectivity index (χ0n) is 15.2. The Balaban J connectivity index is 1.52. The predicted molar refractivity (Wildman–Crippen MR) is 103 cm³/mol. The molecule has 4 N–H and O–H groups in total. The van der Waals surface area contributed by atoms with Crippen molar-refractivity contribution in [1.82, 2.24) is 0 Å². The van der Waals surface area contributed by atoms with Crippen molar-refractivity contribution in [2.75, 3.05) is 0 Å². The van der Waals surface area contributed by atoms with Crippen molar-refractivity contribution in [3.63, 3.8) is 0 Å². The van der Waals surface area contributed by atoms with Crippen LogP contribution < -0.4 is 16.2 Å². The summed E-state index contributed by atoms with van der Waals surface area (Å²) < 4.78 is 6.34. The predicted octanol–water partition coefficient (Wildman–Crippen LogP) is 3.16. The van der Waals surface area contributed by atoms with Crippen LogP contribution in [0.1, 0.15) is 63.4 Å². The first kappa shape index (κ1) is 17.6. The Morgan fingerprint density at radius 2 is 1.59 bits per heavy atom. The van der Waals surface area contributed by atoms with Crippen LogP contribution in [0.5, 0.6) is 5.75 Å². The smallest absolute Gasteiger partial charge is 0.248 e. The number of hydrogen-bond donors (Lipinski definition) is 2. The average Bonchev–Trinajstić information content (AvgIpc) is 3.17. The first-order valence-electron chi connectivity index (χ1n) is 9.52. The number of carbonyl (C=O) groups is 2. The van der Waals surface area contributed by atoms with Gasteiger partial charge in [-0.3, -0.25) is 9.59 Å². The zero-order valence-corrected chi connectivity index (χ0v) is 15.2. The van der Waals surface area contributed by atoms with Crippen molar-refractivity contribution in [2.45, 2.75) is 44.1 Å². The normalized spacial score (nSPS) is 24.1. The minimum Gasteiger partial charge on any atom is -0.490 e. The maximum absolute atomic E-state index is 11.4. The molecule has 2 aliphatic rings. The molecule has 2 aromatic rings. The summed E-state index contributed by atoms with van der Waals surface area (Å²) in [6, 6.07) is 13.1. The third-order valence-corrected chi connectivity index (χ3v) is 5.99. The molecule has 2 unspecified atom stereocenters. The van der Waals surface area contributed by atoms with Crippen LogP contribution in [0.15, 0.2) is 42.5 Å². The molecule has 2 amide bonds. The molecule has 5 heteroatoms. The molecule has 1 fully saturated rings. The second-order valence-electron chi connectivity index (χ2n) is 7.57. The average molecular weight is 364 g/mol. The molecule has 140 valence electrons. The van der Waals surface area contributed by atoms with Crippen molar-refractivity contribution < 1.29 is 14.3 Å². The van der Waals surface area contributed by atoms with E-state index in [0.29, 0.717) is 23.0 Å². The molecule has 5 nitrogen and oxygen atoms in total. The SMILES string of the molecule is NC(=O)c1ccc(C2CCCC2[C@@H]2CCc3cc(C(N)=O)ccc3O2)cc1. The number of ether oxygens (including phenoxy) is 1. The van der Waals surface area contributed by atoms with Gasteiger partial charge in [0.1, 0.15) is 11.9 Å². The van der Waals surface area contributed by atoms with Crippen molar-refractivity contribution in [2.24, 2.45) is 17.4 Å². The highest BCUT2D eigenvalue weighted by atomic mass is 16.5. The Morgan fingerprint density at radius 1 is 0.889 bits per heavy atom. The van der Waals surface area contributed by atoms with Crippen LogP contribution in [0.4, 0.5) is 0 Å². The van der Waals surface area contributed by atoms with Crippen molar-refractivity contribution >= 4 is 11.8 Å². The van der Waals surface area contributed by atoms with Gasteiger partial charge in [-0.25, -0.2) is 0 Å². The maximum Gasteiger partial charge on any atom is 0.248 e. The van der Waals surface area contributed by atoms with Crippen molar-refractivity contribution in [3.05, 3.63) is 64.7 Å². The van der Waals surface area contributed by atoms with E-state index in [1.54, 1.807) is 6.07 Å². The first-order valence-corrected chi connectivity index (χ1v) is 9.52. The number of aryl methyl sites for hydroxylation is 1. The highest BCUT2D eigenvalue weighted by Crippen LogP contribution is 2.45. The third kappa shape index (κ3) is 3.42. The molecular formula is C22H24N2O3. The summed E-state index contributed by atoms with van der Waals surface area (Å²) in [5.41, 5.74) is 14.1. The molecular weight excluding hydrogens is 340 g/mol. The number of fused-ring (bicyclic) bond motifs is 1.